The minimum absolute atomic E-state index is 0.165. The highest BCUT2D eigenvalue weighted by molar-refractivity contribution is 5.77. The van der Waals surface area contributed by atoms with Gasteiger partial charge in [0.05, 0.1) is 0 Å². The third-order valence-electron chi connectivity index (χ3n) is 13.2. The number of benzene rings is 2. The molecule has 252 valence electrons. The van der Waals surface area contributed by atoms with Crippen LogP contribution >= 0.6 is 0 Å². The molecule has 2 aliphatic heterocycles. The maximum Gasteiger partial charge on any atom is 0.231 e. The van der Waals surface area contributed by atoms with Gasteiger partial charge in [-0.2, -0.15) is 0 Å². The highest BCUT2D eigenvalue weighted by atomic mass is 16.7. The molecule has 12 atom stereocenters. The molecule has 2 aromatic rings. The van der Waals surface area contributed by atoms with E-state index in [0.717, 1.165) is 35.8 Å². The monoisotopic (exact) mass is 650 g/mol. The Morgan fingerprint density at radius 3 is 1.62 bits per heavy atom. The van der Waals surface area contributed by atoms with Crippen molar-refractivity contribution < 1.29 is 28.5 Å². The highest BCUT2D eigenvalue weighted by Gasteiger charge is 2.67. The molecular weight excluding hydrogens is 604 g/mol. The topological polar surface area (TPSA) is 95.1 Å². The number of fused-ring (bicyclic) bond motifs is 3. The minimum atomic E-state index is 0.165. The largest absolute Gasteiger partial charge is 0.454 e. The molecule has 2 heterocycles. The van der Waals surface area contributed by atoms with Crippen LogP contribution in [-0.2, 0) is 22.4 Å². The Kier molecular flexibility index (Phi) is 7.46. The smallest absolute Gasteiger partial charge is 0.231 e. The van der Waals surface area contributed by atoms with Crippen molar-refractivity contribution in [2.45, 2.75) is 39.5 Å². The van der Waals surface area contributed by atoms with Gasteiger partial charge >= 0.3 is 0 Å². The lowest BCUT2D eigenvalue weighted by Gasteiger charge is -2.71. The van der Waals surface area contributed by atoms with Crippen LogP contribution in [0.25, 0.3) is 0 Å². The summed E-state index contributed by atoms with van der Waals surface area (Å²) in [5.74, 6) is 8.95. The van der Waals surface area contributed by atoms with E-state index < -0.39 is 0 Å². The van der Waals surface area contributed by atoms with E-state index in [9.17, 15) is 9.59 Å². The lowest BCUT2D eigenvalue weighted by Crippen LogP contribution is -2.67. The molecule has 3 fully saturated rings. The van der Waals surface area contributed by atoms with Crippen molar-refractivity contribution in [3.05, 3.63) is 71.8 Å². The van der Waals surface area contributed by atoms with Gasteiger partial charge in [0, 0.05) is 25.9 Å². The van der Waals surface area contributed by atoms with E-state index in [-0.39, 0.29) is 25.4 Å². The van der Waals surface area contributed by atoms with E-state index >= 15 is 0 Å². The summed E-state index contributed by atoms with van der Waals surface area (Å²) in [6.07, 6.45) is 13.2. The van der Waals surface area contributed by atoms with Gasteiger partial charge in [-0.25, -0.2) is 0 Å². The van der Waals surface area contributed by atoms with Crippen LogP contribution in [0.3, 0.4) is 0 Å². The van der Waals surface area contributed by atoms with Crippen LogP contribution in [0.1, 0.15) is 37.8 Å². The average molecular weight is 651 g/mol. The van der Waals surface area contributed by atoms with E-state index in [4.69, 9.17) is 18.9 Å². The van der Waals surface area contributed by atoms with E-state index in [1.165, 1.54) is 11.1 Å². The second kappa shape index (κ2) is 11.9. The molecule has 6 aliphatic carbocycles. The molecule has 2 bridgehead atoms. The van der Waals surface area contributed by atoms with E-state index in [1.807, 2.05) is 26.0 Å². The molecule has 2 amide bonds. The van der Waals surface area contributed by atoms with Gasteiger partial charge < -0.3 is 29.6 Å². The zero-order valence-corrected chi connectivity index (χ0v) is 27.8. The molecule has 2 N–H and O–H groups in total. The van der Waals surface area contributed by atoms with Crippen molar-refractivity contribution in [1.82, 2.24) is 10.6 Å². The fourth-order valence-electron chi connectivity index (χ4n) is 11.5. The maximum absolute atomic E-state index is 13.2. The molecule has 8 aliphatic rings. The third-order valence-corrected chi connectivity index (χ3v) is 13.2. The highest BCUT2D eigenvalue weighted by Crippen LogP contribution is 2.71. The molecule has 8 nitrogen and oxygen atoms in total. The number of rotatable bonds is 10. The van der Waals surface area contributed by atoms with Gasteiger partial charge in [0.25, 0.3) is 0 Å². The van der Waals surface area contributed by atoms with Crippen molar-refractivity contribution in [2.24, 2.45) is 71.0 Å². The molecule has 6 unspecified atom stereocenters. The number of hydrogen-bond donors (Lipinski definition) is 2. The predicted molar refractivity (Wildman–Crippen MR) is 179 cm³/mol. The van der Waals surface area contributed by atoms with Gasteiger partial charge in [0.1, 0.15) is 0 Å². The summed E-state index contributed by atoms with van der Waals surface area (Å²) in [6.45, 7) is 5.86. The molecular formula is C40H46N2O6. The van der Waals surface area contributed by atoms with Gasteiger partial charge in [-0.1, -0.05) is 36.4 Å². The fraction of sp³-hybridized carbons (Fsp3) is 0.550. The predicted octanol–water partition coefficient (Wildman–Crippen LogP) is 5.56. The first-order valence-electron chi connectivity index (χ1n) is 18.2. The van der Waals surface area contributed by atoms with Gasteiger partial charge in [-0.15, -0.1) is 0 Å². The second-order valence-corrected chi connectivity index (χ2v) is 15.1. The maximum atomic E-state index is 13.2. The van der Waals surface area contributed by atoms with Crippen LogP contribution in [0.5, 0.6) is 23.0 Å². The number of carbonyl (C=O) groups excluding carboxylic acids is 2. The Morgan fingerprint density at radius 2 is 1.02 bits per heavy atom. The van der Waals surface area contributed by atoms with Crippen molar-refractivity contribution in [3.63, 3.8) is 0 Å². The summed E-state index contributed by atoms with van der Waals surface area (Å²) >= 11 is 0. The first-order valence-corrected chi connectivity index (χ1v) is 18.2. The molecule has 2 aromatic carbocycles. The van der Waals surface area contributed by atoms with Crippen LogP contribution in [0.2, 0.25) is 0 Å². The van der Waals surface area contributed by atoms with Gasteiger partial charge in [-0.05, 0) is 133 Å². The zero-order valence-electron chi connectivity index (χ0n) is 27.8. The zero-order chi connectivity index (χ0) is 32.5. The van der Waals surface area contributed by atoms with Crippen molar-refractivity contribution in [3.8, 4) is 23.0 Å². The SMILES string of the molecule is CCNC(=O)C[C@@H]1C(Cc2ccc3c(c2)OCO3)C2C3C=CC([C@@H]4C3C=C[C@@H]3C(Cc5ccc6c(c5)OCO6)[C@@H](CC(=O)NCC)[C@H]43)[C@@H]21. The molecule has 0 aromatic heterocycles. The third kappa shape index (κ3) is 4.76. The Hall–Kier alpha value is -3.94. The standard InChI is InChI=1S/C40H46N2O6/c1-3-41-35(43)17-29-27(13-21-5-11-31-33(15-21)47-19-45-31)25-8-7-23-24-9-10-26(37(23)39(25)29)40-30(18-36(44)42-4-2)28(38(24)40)14-22-6-12-32-34(16-22)48-20-46-32/h5-12,15-16,23-30,37-40H,3-4,13-14,17-20H2,1-2H3,(H,41,43)(H,42,44)/t23?,24?,25-,26?,27?,28?,29-,30-,37+,38?,39-,40-/m1/s1. The number of hydrogen-bond acceptors (Lipinski definition) is 6. The molecule has 0 spiro atoms. The molecule has 10 rings (SSSR count). The van der Waals surface area contributed by atoms with Crippen LogP contribution in [-0.4, -0.2) is 38.5 Å². The second-order valence-electron chi connectivity index (χ2n) is 15.1. The van der Waals surface area contributed by atoms with Crippen molar-refractivity contribution in [2.75, 3.05) is 26.7 Å². The summed E-state index contributed by atoms with van der Waals surface area (Å²) < 4.78 is 22.6. The molecule has 8 heteroatoms. The summed E-state index contributed by atoms with van der Waals surface area (Å²) in [7, 11) is 0. The Bertz CT molecular complexity index is 1670. The summed E-state index contributed by atoms with van der Waals surface area (Å²) in [6, 6.07) is 12.7. The van der Waals surface area contributed by atoms with E-state index in [2.05, 4.69) is 59.2 Å². The van der Waals surface area contributed by atoms with E-state index in [1.54, 1.807) is 0 Å². The number of nitrogens with one attached hydrogen (secondary N) is 2. The Labute approximate surface area is 282 Å². The fourth-order valence-corrected chi connectivity index (χ4v) is 11.5. The lowest BCUT2D eigenvalue weighted by atomic mass is 9.33. The molecule has 0 radical (unpaired) electrons. The summed E-state index contributed by atoms with van der Waals surface area (Å²) in [5, 5.41) is 6.21. The molecule has 48 heavy (non-hydrogen) atoms. The summed E-state index contributed by atoms with van der Waals surface area (Å²) in [4.78, 5) is 26.4. The number of ether oxygens (including phenoxy) is 4. The first kappa shape index (κ1) is 30.1. The Morgan fingerprint density at radius 1 is 0.562 bits per heavy atom. The normalized spacial score (nSPS) is 36.7. The van der Waals surface area contributed by atoms with Crippen LogP contribution in [0.4, 0.5) is 0 Å². The molecule has 3 saturated carbocycles. The lowest BCUT2D eigenvalue weighted by molar-refractivity contribution is -0.191. The quantitative estimate of drug-likeness (QED) is 0.328. The van der Waals surface area contributed by atoms with Crippen molar-refractivity contribution >= 4 is 11.8 Å². The number of allylic oxidation sites excluding steroid dienone is 4. The van der Waals surface area contributed by atoms with Gasteiger partial charge in [0.2, 0.25) is 25.4 Å². The van der Waals surface area contributed by atoms with E-state index in [0.29, 0.717) is 96.9 Å². The Balaban J connectivity index is 1.01. The molecule has 0 saturated heterocycles. The minimum Gasteiger partial charge on any atom is -0.454 e. The van der Waals surface area contributed by atoms with Crippen LogP contribution < -0.4 is 29.6 Å². The number of amides is 2. The first-order chi connectivity index (χ1) is 23.5. The summed E-state index contributed by atoms with van der Waals surface area (Å²) in [5.41, 5.74) is 2.51. The van der Waals surface area contributed by atoms with Gasteiger partial charge in [0.15, 0.2) is 23.0 Å². The van der Waals surface area contributed by atoms with Crippen LogP contribution in [0.15, 0.2) is 60.7 Å². The average Bonchev–Trinajstić information content (AvgIpc) is 3.76. The number of carbonyl (C=O) groups is 2. The van der Waals surface area contributed by atoms with Gasteiger partial charge in [-0.3, -0.25) is 9.59 Å². The van der Waals surface area contributed by atoms with Crippen molar-refractivity contribution in [1.29, 1.82) is 0 Å². The van der Waals surface area contributed by atoms with Crippen LogP contribution in [0, 0.1) is 71.0 Å².